The van der Waals surface area contributed by atoms with Crippen LogP contribution in [0.15, 0.2) is 42.5 Å². The monoisotopic (exact) mass is 308 g/mol. The van der Waals surface area contributed by atoms with Crippen molar-refractivity contribution < 1.29 is 9.59 Å². The Morgan fingerprint density at radius 3 is 2.09 bits per heavy atom. The average molecular weight is 308 g/mol. The van der Waals surface area contributed by atoms with E-state index in [1.165, 1.54) is 30.9 Å². The zero-order valence-corrected chi connectivity index (χ0v) is 13.2. The molecule has 2 aromatic rings. The second-order valence-corrected chi connectivity index (χ2v) is 5.90. The molecular weight excluding hydrogens is 288 g/mol. The zero-order valence-electron chi connectivity index (χ0n) is 13.2. The van der Waals surface area contributed by atoms with Gasteiger partial charge < -0.3 is 10.6 Å². The van der Waals surface area contributed by atoms with Crippen LogP contribution in [0.5, 0.6) is 0 Å². The van der Waals surface area contributed by atoms with E-state index >= 15 is 0 Å². The fourth-order valence-electron chi connectivity index (χ4n) is 2.92. The van der Waals surface area contributed by atoms with Gasteiger partial charge in [0.1, 0.15) is 0 Å². The van der Waals surface area contributed by atoms with E-state index in [0.717, 1.165) is 12.8 Å². The van der Waals surface area contributed by atoms with Crippen LogP contribution in [0.4, 0.5) is 11.4 Å². The Morgan fingerprint density at radius 1 is 0.826 bits per heavy atom. The normalized spacial score (nSPS) is 13.1. The van der Waals surface area contributed by atoms with Crippen LogP contribution in [-0.2, 0) is 17.6 Å². The summed E-state index contributed by atoms with van der Waals surface area (Å²) in [5, 5.41) is 5.59. The van der Waals surface area contributed by atoms with E-state index in [9.17, 15) is 9.59 Å². The first kappa shape index (κ1) is 15.3. The molecule has 4 nitrogen and oxygen atoms in total. The van der Waals surface area contributed by atoms with Gasteiger partial charge in [-0.25, -0.2) is 0 Å². The maximum Gasteiger partial charge on any atom is 0.255 e. The van der Waals surface area contributed by atoms with E-state index in [-0.39, 0.29) is 11.8 Å². The molecule has 0 saturated heterocycles. The second kappa shape index (κ2) is 6.65. The van der Waals surface area contributed by atoms with Crippen LogP contribution in [0.25, 0.3) is 0 Å². The first-order chi connectivity index (χ1) is 11.1. The minimum absolute atomic E-state index is 0.106. The standard InChI is InChI=1S/C19H20N2O2/c1-13(22)20-17-8-10-18(11-9-17)21-19(23)16-7-6-14-4-2-3-5-15(14)12-16/h6-12H,2-5H2,1H3,(H,20,22)(H,21,23). The summed E-state index contributed by atoms with van der Waals surface area (Å²) in [5.41, 5.74) is 4.78. The molecule has 1 aliphatic carbocycles. The lowest BCUT2D eigenvalue weighted by atomic mass is 9.90. The molecule has 3 rings (SSSR count). The molecular formula is C19H20N2O2. The van der Waals surface area contributed by atoms with Crippen molar-refractivity contribution >= 4 is 23.2 Å². The lowest BCUT2D eigenvalue weighted by Crippen LogP contribution is -2.13. The topological polar surface area (TPSA) is 58.2 Å². The Balaban J connectivity index is 1.70. The summed E-state index contributed by atoms with van der Waals surface area (Å²) in [6.07, 6.45) is 4.60. The van der Waals surface area contributed by atoms with Crippen LogP contribution in [0, 0.1) is 0 Å². The smallest absolute Gasteiger partial charge is 0.255 e. The molecule has 0 atom stereocenters. The molecule has 0 fully saturated rings. The molecule has 0 bridgehead atoms. The predicted octanol–water partition coefficient (Wildman–Crippen LogP) is 3.78. The molecule has 2 aromatic carbocycles. The average Bonchev–Trinajstić information content (AvgIpc) is 2.55. The minimum atomic E-state index is -0.115. The van der Waals surface area contributed by atoms with Crippen LogP contribution in [0.1, 0.15) is 41.3 Å². The molecule has 0 spiro atoms. The van der Waals surface area contributed by atoms with Crippen molar-refractivity contribution in [3.8, 4) is 0 Å². The largest absolute Gasteiger partial charge is 0.326 e. The molecule has 0 radical (unpaired) electrons. The van der Waals surface area contributed by atoms with E-state index < -0.39 is 0 Å². The van der Waals surface area contributed by atoms with E-state index in [1.54, 1.807) is 24.3 Å². The number of benzene rings is 2. The molecule has 2 N–H and O–H groups in total. The summed E-state index contributed by atoms with van der Waals surface area (Å²) in [5.74, 6) is -0.221. The maximum absolute atomic E-state index is 12.4. The van der Waals surface area contributed by atoms with Crippen LogP contribution in [0.3, 0.4) is 0 Å². The van der Waals surface area contributed by atoms with Crippen molar-refractivity contribution in [3.63, 3.8) is 0 Å². The van der Waals surface area contributed by atoms with E-state index in [2.05, 4.69) is 16.7 Å². The third kappa shape index (κ3) is 3.77. The minimum Gasteiger partial charge on any atom is -0.326 e. The first-order valence-corrected chi connectivity index (χ1v) is 7.92. The summed E-state index contributed by atoms with van der Waals surface area (Å²) < 4.78 is 0. The summed E-state index contributed by atoms with van der Waals surface area (Å²) in [6.45, 7) is 1.46. The number of hydrogen-bond acceptors (Lipinski definition) is 2. The van der Waals surface area contributed by atoms with Crippen molar-refractivity contribution in [3.05, 3.63) is 59.2 Å². The molecule has 2 amide bonds. The van der Waals surface area contributed by atoms with Crippen LogP contribution in [-0.4, -0.2) is 11.8 Å². The van der Waals surface area contributed by atoms with Gasteiger partial charge in [0.05, 0.1) is 0 Å². The zero-order chi connectivity index (χ0) is 16.2. The lowest BCUT2D eigenvalue weighted by molar-refractivity contribution is -0.114. The summed E-state index contributed by atoms with van der Waals surface area (Å²) in [4.78, 5) is 23.4. The number of rotatable bonds is 3. The van der Waals surface area contributed by atoms with Gasteiger partial charge in [-0.2, -0.15) is 0 Å². The highest BCUT2D eigenvalue weighted by Crippen LogP contribution is 2.23. The highest BCUT2D eigenvalue weighted by atomic mass is 16.2. The van der Waals surface area contributed by atoms with Crippen molar-refractivity contribution in [2.45, 2.75) is 32.6 Å². The third-order valence-corrected chi connectivity index (χ3v) is 4.07. The van der Waals surface area contributed by atoms with Crippen LogP contribution >= 0.6 is 0 Å². The Bertz CT molecular complexity index is 736. The number of anilines is 2. The lowest BCUT2D eigenvalue weighted by Gasteiger charge is -2.16. The Morgan fingerprint density at radius 2 is 1.43 bits per heavy atom. The van der Waals surface area contributed by atoms with Gasteiger partial charge in [0.15, 0.2) is 0 Å². The molecule has 23 heavy (non-hydrogen) atoms. The number of carbonyl (C=O) groups is 2. The van der Waals surface area contributed by atoms with Crippen molar-refractivity contribution in [2.24, 2.45) is 0 Å². The van der Waals surface area contributed by atoms with Crippen molar-refractivity contribution in [1.29, 1.82) is 0 Å². The summed E-state index contributed by atoms with van der Waals surface area (Å²) in [6, 6.07) is 13.1. The van der Waals surface area contributed by atoms with E-state index in [4.69, 9.17) is 0 Å². The Hall–Kier alpha value is -2.62. The first-order valence-electron chi connectivity index (χ1n) is 7.92. The highest BCUT2D eigenvalue weighted by molar-refractivity contribution is 6.04. The number of carbonyl (C=O) groups excluding carboxylic acids is 2. The number of fused-ring (bicyclic) bond motifs is 1. The van der Waals surface area contributed by atoms with Crippen molar-refractivity contribution in [2.75, 3.05) is 10.6 Å². The van der Waals surface area contributed by atoms with Gasteiger partial charge in [-0.05, 0) is 73.2 Å². The molecule has 0 aromatic heterocycles. The second-order valence-electron chi connectivity index (χ2n) is 5.90. The van der Waals surface area contributed by atoms with Gasteiger partial charge in [-0.3, -0.25) is 9.59 Å². The Kier molecular flexibility index (Phi) is 4.42. The molecule has 118 valence electrons. The van der Waals surface area contributed by atoms with E-state index in [0.29, 0.717) is 16.9 Å². The van der Waals surface area contributed by atoms with Gasteiger partial charge in [0.25, 0.3) is 5.91 Å². The summed E-state index contributed by atoms with van der Waals surface area (Å²) in [7, 11) is 0. The van der Waals surface area contributed by atoms with E-state index in [1.807, 2.05) is 12.1 Å². The van der Waals surface area contributed by atoms with Gasteiger partial charge in [-0.1, -0.05) is 6.07 Å². The third-order valence-electron chi connectivity index (χ3n) is 4.07. The molecule has 1 aliphatic rings. The van der Waals surface area contributed by atoms with Gasteiger partial charge in [-0.15, -0.1) is 0 Å². The number of amides is 2. The van der Waals surface area contributed by atoms with Crippen molar-refractivity contribution in [1.82, 2.24) is 0 Å². The quantitative estimate of drug-likeness (QED) is 0.906. The predicted molar refractivity (Wildman–Crippen MR) is 91.8 cm³/mol. The van der Waals surface area contributed by atoms with Crippen LogP contribution in [0.2, 0.25) is 0 Å². The molecule has 0 aliphatic heterocycles. The van der Waals surface area contributed by atoms with Gasteiger partial charge in [0, 0.05) is 23.9 Å². The Labute approximate surface area is 135 Å². The number of hydrogen-bond donors (Lipinski definition) is 2. The summed E-state index contributed by atoms with van der Waals surface area (Å²) >= 11 is 0. The molecule has 0 saturated carbocycles. The fourth-order valence-corrected chi connectivity index (χ4v) is 2.92. The van der Waals surface area contributed by atoms with Crippen LogP contribution < -0.4 is 10.6 Å². The SMILES string of the molecule is CC(=O)Nc1ccc(NC(=O)c2ccc3c(c2)CCCC3)cc1. The maximum atomic E-state index is 12.4. The van der Waals surface area contributed by atoms with Gasteiger partial charge >= 0.3 is 0 Å². The molecule has 0 unspecified atom stereocenters. The molecule has 4 heteroatoms. The number of nitrogens with one attached hydrogen (secondary N) is 2. The van der Waals surface area contributed by atoms with Gasteiger partial charge in [0.2, 0.25) is 5.91 Å². The number of aryl methyl sites for hydroxylation is 2. The highest BCUT2D eigenvalue weighted by Gasteiger charge is 2.13. The fraction of sp³-hybridized carbons (Fsp3) is 0.263. The molecule has 0 heterocycles.